The molecule has 1 saturated heterocycles. The second-order valence-electron chi connectivity index (χ2n) is 8.28. The van der Waals surface area contributed by atoms with Crippen LogP contribution in [0.5, 0.6) is 0 Å². The average Bonchev–Trinajstić information content (AvgIpc) is 3.00. The molecule has 0 aliphatic carbocycles. The van der Waals surface area contributed by atoms with E-state index >= 15 is 0 Å². The molecule has 4 heterocycles. The molecular weight excluding hydrogens is 418 g/mol. The topological polar surface area (TPSA) is 105 Å². The van der Waals surface area contributed by atoms with Gasteiger partial charge in [-0.3, -0.25) is 4.79 Å². The number of anilines is 4. The van der Waals surface area contributed by atoms with Crippen LogP contribution in [0.25, 0.3) is 0 Å². The standard InChI is InChI=1S/C21H25N5O4S/c1-25-18-11-22-21(23-16-3-2-14-12-31(28,29)13-15(14)10-16)24-20(18)26(7-4-19(25)27)17-5-8-30-9-6-17/h2-3,10-11,17H,4-9,12-13H2,1H3,(H,22,23,24). The maximum Gasteiger partial charge on any atom is 0.229 e. The second-order valence-corrected chi connectivity index (χ2v) is 10.3. The Morgan fingerprint density at radius 3 is 2.74 bits per heavy atom. The molecule has 3 aliphatic heterocycles. The van der Waals surface area contributed by atoms with Crippen molar-refractivity contribution in [3.05, 3.63) is 35.5 Å². The molecule has 10 heteroatoms. The van der Waals surface area contributed by atoms with E-state index in [0.717, 1.165) is 35.5 Å². The third kappa shape index (κ3) is 3.97. The molecule has 0 unspecified atom stereocenters. The van der Waals surface area contributed by atoms with Crippen molar-refractivity contribution in [3.63, 3.8) is 0 Å². The Morgan fingerprint density at radius 1 is 1.16 bits per heavy atom. The number of hydrogen-bond acceptors (Lipinski definition) is 8. The van der Waals surface area contributed by atoms with Gasteiger partial charge in [0, 0.05) is 45.0 Å². The Kier molecular flexibility index (Phi) is 5.05. The number of sulfone groups is 1. The van der Waals surface area contributed by atoms with E-state index in [4.69, 9.17) is 9.72 Å². The summed E-state index contributed by atoms with van der Waals surface area (Å²) in [4.78, 5) is 25.5. The largest absolute Gasteiger partial charge is 0.381 e. The molecule has 31 heavy (non-hydrogen) atoms. The van der Waals surface area contributed by atoms with Crippen LogP contribution in [-0.2, 0) is 30.9 Å². The van der Waals surface area contributed by atoms with E-state index in [-0.39, 0.29) is 23.5 Å². The number of fused-ring (bicyclic) bond motifs is 2. The minimum atomic E-state index is -3.06. The summed E-state index contributed by atoms with van der Waals surface area (Å²) < 4.78 is 29.3. The summed E-state index contributed by atoms with van der Waals surface area (Å²) in [5.41, 5.74) is 3.10. The molecule has 1 fully saturated rings. The van der Waals surface area contributed by atoms with Crippen molar-refractivity contribution in [3.8, 4) is 0 Å². The Bertz CT molecular complexity index is 1130. The summed E-state index contributed by atoms with van der Waals surface area (Å²) in [6.07, 6.45) is 3.89. The zero-order chi connectivity index (χ0) is 21.6. The van der Waals surface area contributed by atoms with Gasteiger partial charge < -0.3 is 19.9 Å². The fourth-order valence-corrected chi connectivity index (χ4v) is 6.08. The highest BCUT2D eigenvalue weighted by Crippen LogP contribution is 2.35. The lowest BCUT2D eigenvalue weighted by molar-refractivity contribution is -0.118. The van der Waals surface area contributed by atoms with Crippen molar-refractivity contribution >= 4 is 38.9 Å². The minimum absolute atomic E-state index is 0.0416. The molecule has 1 N–H and O–H groups in total. The lowest BCUT2D eigenvalue weighted by Crippen LogP contribution is -2.40. The summed E-state index contributed by atoms with van der Waals surface area (Å²) in [5, 5.41) is 3.21. The second kappa shape index (κ2) is 7.76. The van der Waals surface area contributed by atoms with Crippen LogP contribution in [0, 0.1) is 0 Å². The Hall–Kier alpha value is -2.72. The molecule has 3 aliphatic rings. The summed E-state index contributed by atoms with van der Waals surface area (Å²) in [6, 6.07) is 5.80. The molecule has 1 aromatic carbocycles. The Balaban J connectivity index is 1.47. The van der Waals surface area contributed by atoms with Crippen molar-refractivity contribution in [2.45, 2.75) is 36.8 Å². The van der Waals surface area contributed by atoms with E-state index in [1.807, 2.05) is 18.2 Å². The first kappa shape index (κ1) is 20.2. The minimum Gasteiger partial charge on any atom is -0.381 e. The van der Waals surface area contributed by atoms with Gasteiger partial charge in [0.15, 0.2) is 15.7 Å². The van der Waals surface area contributed by atoms with Crippen LogP contribution in [0.1, 0.15) is 30.4 Å². The highest BCUT2D eigenvalue weighted by molar-refractivity contribution is 7.90. The smallest absolute Gasteiger partial charge is 0.229 e. The van der Waals surface area contributed by atoms with E-state index in [2.05, 4.69) is 15.2 Å². The number of nitrogens with one attached hydrogen (secondary N) is 1. The van der Waals surface area contributed by atoms with Gasteiger partial charge in [-0.2, -0.15) is 4.98 Å². The van der Waals surface area contributed by atoms with Crippen LogP contribution in [0.2, 0.25) is 0 Å². The number of benzene rings is 1. The predicted molar refractivity (Wildman–Crippen MR) is 117 cm³/mol. The summed E-state index contributed by atoms with van der Waals surface area (Å²) in [5.74, 6) is 1.35. The summed E-state index contributed by atoms with van der Waals surface area (Å²) >= 11 is 0. The molecule has 0 spiro atoms. The summed E-state index contributed by atoms with van der Waals surface area (Å²) in [7, 11) is -1.30. The van der Waals surface area contributed by atoms with Gasteiger partial charge >= 0.3 is 0 Å². The first-order valence-corrected chi connectivity index (χ1v) is 12.3. The molecular formula is C21H25N5O4S. The van der Waals surface area contributed by atoms with Crippen molar-refractivity contribution in [2.75, 3.05) is 41.9 Å². The maximum atomic E-state index is 12.5. The number of rotatable bonds is 3. The molecule has 9 nitrogen and oxygen atoms in total. The number of amides is 1. The Morgan fingerprint density at radius 2 is 1.94 bits per heavy atom. The van der Waals surface area contributed by atoms with Gasteiger partial charge in [-0.05, 0) is 36.1 Å². The van der Waals surface area contributed by atoms with Crippen LogP contribution < -0.4 is 15.1 Å². The fraction of sp³-hybridized carbons (Fsp3) is 0.476. The number of carbonyl (C=O) groups is 1. The molecule has 164 valence electrons. The van der Waals surface area contributed by atoms with Crippen LogP contribution in [0.4, 0.5) is 23.1 Å². The predicted octanol–water partition coefficient (Wildman–Crippen LogP) is 2.00. The first-order valence-electron chi connectivity index (χ1n) is 10.5. The van der Waals surface area contributed by atoms with E-state index in [1.54, 1.807) is 18.1 Å². The number of ether oxygens (including phenoxy) is 1. The number of carbonyl (C=O) groups excluding carboxylic acids is 1. The quantitative estimate of drug-likeness (QED) is 0.768. The normalized spacial score (nSPS) is 20.9. The lowest BCUT2D eigenvalue weighted by Gasteiger charge is -2.35. The van der Waals surface area contributed by atoms with E-state index in [1.165, 1.54) is 0 Å². The van der Waals surface area contributed by atoms with Crippen LogP contribution in [0.15, 0.2) is 24.4 Å². The van der Waals surface area contributed by atoms with Crippen LogP contribution in [0.3, 0.4) is 0 Å². The SMILES string of the molecule is CN1C(=O)CCN(C2CCOCC2)c2nc(Nc3ccc4c(c3)CS(=O)(=O)C4)ncc21. The van der Waals surface area contributed by atoms with Gasteiger partial charge in [0.1, 0.15) is 5.69 Å². The zero-order valence-electron chi connectivity index (χ0n) is 17.4. The third-order valence-corrected chi connectivity index (χ3v) is 7.67. The fourth-order valence-electron chi connectivity index (χ4n) is 4.48. The first-order chi connectivity index (χ1) is 14.9. The van der Waals surface area contributed by atoms with E-state index in [0.29, 0.717) is 37.8 Å². The van der Waals surface area contributed by atoms with Gasteiger partial charge in [0.25, 0.3) is 0 Å². The molecule has 2 aromatic rings. The highest BCUT2D eigenvalue weighted by atomic mass is 32.2. The van der Waals surface area contributed by atoms with E-state index < -0.39 is 9.84 Å². The van der Waals surface area contributed by atoms with Crippen molar-refractivity contribution in [1.29, 1.82) is 0 Å². The monoisotopic (exact) mass is 443 g/mol. The molecule has 0 atom stereocenters. The third-order valence-electron chi connectivity index (χ3n) is 6.17. The maximum absolute atomic E-state index is 12.5. The van der Waals surface area contributed by atoms with Gasteiger partial charge in [-0.1, -0.05) is 6.07 Å². The zero-order valence-corrected chi connectivity index (χ0v) is 18.2. The van der Waals surface area contributed by atoms with Gasteiger partial charge in [-0.25, -0.2) is 13.4 Å². The molecule has 1 amide bonds. The molecule has 1 aromatic heterocycles. The van der Waals surface area contributed by atoms with Gasteiger partial charge in [0.2, 0.25) is 11.9 Å². The number of aromatic nitrogens is 2. The lowest BCUT2D eigenvalue weighted by atomic mass is 10.1. The molecule has 0 radical (unpaired) electrons. The van der Waals surface area contributed by atoms with Crippen molar-refractivity contribution in [1.82, 2.24) is 9.97 Å². The molecule has 0 bridgehead atoms. The molecule has 5 rings (SSSR count). The van der Waals surface area contributed by atoms with E-state index in [9.17, 15) is 13.2 Å². The summed E-state index contributed by atoms with van der Waals surface area (Å²) in [6.45, 7) is 2.01. The van der Waals surface area contributed by atoms with Gasteiger partial charge in [-0.15, -0.1) is 0 Å². The van der Waals surface area contributed by atoms with Gasteiger partial charge in [0.05, 0.1) is 17.7 Å². The van der Waals surface area contributed by atoms with Crippen molar-refractivity contribution < 1.29 is 17.9 Å². The van der Waals surface area contributed by atoms with Crippen LogP contribution >= 0.6 is 0 Å². The van der Waals surface area contributed by atoms with Crippen LogP contribution in [-0.4, -0.2) is 57.1 Å². The van der Waals surface area contributed by atoms with Crippen molar-refractivity contribution in [2.24, 2.45) is 0 Å². The molecule has 0 saturated carbocycles. The average molecular weight is 444 g/mol. The number of hydrogen-bond donors (Lipinski definition) is 1. The number of nitrogens with zero attached hydrogens (tertiary/aromatic N) is 4. The Labute approximate surface area is 181 Å². The highest BCUT2D eigenvalue weighted by Gasteiger charge is 2.31.